The normalized spacial score (nSPS) is 13.1. The van der Waals surface area contributed by atoms with Gasteiger partial charge in [0.2, 0.25) is 0 Å². The fourth-order valence-electron chi connectivity index (χ4n) is 3.68. The molecule has 0 saturated heterocycles. The van der Waals surface area contributed by atoms with Gasteiger partial charge in [0.05, 0.1) is 11.8 Å². The van der Waals surface area contributed by atoms with Crippen LogP contribution in [0.4, 0.5) is 0 Å². The van der Waals surface area contributed by atoms with Crippen LogP contribution in [-0.2, 0) is 12.8 Å². The fourth-order valence-corrected chi connectivity index (χ4v) is 3.68. The molecule has 0 aliphatic heterocycles. The zero-order chi connectivity index (χ0) is 17.1. The second-order valence-electron chi connectivity index (χ2n) is 6.47. The number of fused-ring (bicyclic) bond motifs is 5. The topological polar surface area (TPSA) is 30.2 Å². The smallest absolute Gasteiger partial charge is 0.153 e. The van der Waals surface area contributed by atoms with Gasteiger partial charge in [0.15, 0.2) is 6.29 Å². The third kappa shape index (κ3) is 3.08. The van der Waals surface area contributed by atoms with Crippen LogP contribution in [0.3, 0.4) is 0 Å². The lowest BCUT2D eigenvalue weighted by Crippen LogP contribution is -2.02. The molecule has 1 heterocycles. The zero-order valence-corrected chi connectivity index (χ0v) is 14.1. The Kier molecular flexibility index (Phi) is 4.34. The van der Waals surface area contributed by atoms with Crippen LogP contribution in [0.15, 0.2) is 71.5 Å². The summed E-state index contributed by atoms with van der Waals surface area (Å²) in [7, 11) is 0. The van der Waals surface area contributed by atoms with Crippen LogP contribution in [-0.4, -0.2) is 6.29 Å². The summed E-state index contributed by atoms with van der Waals surface area (Å²) in [4.78, 5) is 9.81. The van der Waals surface area contributed by atoms with Gasteiger partial charge in [-0.2, -0.15) is 0 Å². The van der Waals surface area contributed by atoms with E-state index in [1.807, 2.05) is 0 Å². The second kappa shape index (κ2) is 6.94. The average Bonchev–Trinajstić information content (AvgIpc) is 3.22. The highest BCUT2D eigenvalue weighted by atomic mass is 16.3. The summed E-state index contributed by atoms with van der Waals surface area (Å²) >= 11 is 0. The number of carbonyl (C=O) groups is 1. The van der Waals surface area contributed by atoms with Crippen molar-refractivity contribution >= 4 is 27.8 Å². The number of aldehydes is 1. The maximum absolute atomic E-state index is 9.81. The van der Waals surface area contributed by atoms with Crippen molar-refractivity contribution in [3.8, 4) is 0 Å². The lowest BCUT2D eigenvalue weighted by molar-refractivity contribution is 0.112. The van der Waals surface area contributed by atoms with E-state index in [1.165, 1.54) is 59.8 Å². The summed E-state index contributed by atoms with van der Waals surface area (Å²) in [6.45, 7) is 0. The quantitative estimate of drug-likeness (QED) is 0.318. The highest BCUT2D eigenvalue weighted by Crippen LogP contribution is 2.33. The van der Waals surface area contributed by atoms with E-state index >= 15 is 0 Å². The standard InChI is InChI=1S/C18H16.C5H4O2/c1-3-7-15-13(5-1)9-11-18-16-8-4-2-6-14(16)10-12-17(15)18;6-3-5-1-2-7-4-5/h1,3,5,7,9-12H,2,4,6,8H2;1-4H. The van der Waals surface area contributed by atoms with E-state index in [-0.39, 0.29) is 0 Å². The van der Waals surface area contributed by atoms with E-state index in [2.05, 4.69) is 52.9 Å². The molecule has 0 bridgehead atoms. The van der Waals surface area contributed by atoms with Crippen molar-refractivity contribution in [3.05, 3.63) is 83.8 Å². The third-order valence-electron chi connectivity index (χ3n) is 4.94. The number of hydrogen-bond donors (Lipinski definition) is 0. The van der Waals surface area contributed by atoms with Crippen LogP contribution in [0.1, 0.15) is 34.3 Å². The van der Waals surface area contributed by atoms with E-state index in [9.17, 15) is 4.79 Å². The summed E-state index contributed by atoms with van der Waals surface area (Å²) in [5, 5.41) is 5.64. The highest BCUT2D eigenvalue weighted by molar-refractivity contribution is 6.08. The number of benzene rings is 3. The van der Waals surface area contributed by atoms with Crippen LogP contribution in [0, 0.1) is 0 Å². The average molecular weight is 328 g/mol. The van der Waals surface area contributed by atoms with Gasteiger partial charge in [-0.25, -0.2) is 0 Å². The molecular weight excluding hydrogens is 308 g/mol. The van der Waals surface area contributed by atoms with Gasteiger partial charge in [0.25, 0.3) is 0 Å². The molecule has 1 aromatic heterocycles. The molecule has 0 N–H and O–H groups in total. The van der Waals surface area contributed by atoms with Crippen molar-refractivity contribution in [2.75, 3.05) is 0 Å². The molecule has 0 amide bonds. The number of hydrogen-bond acceptors (Lipinski definition) is 2. The van der Waals surface area contributed by atoms with Gasteiger partial charge in [0.1, 0.15) is 6.26 Å². The minimum Gasteiger partial charge on any atom is -0.472 e. The third-order valence-corrected chi connectivity index (χ3v) is 4.94. The molecule has 1 aliphatic carbocycles. The summed E-state index contributed by atoms with van der Waals surface area (Å²) < 4.78 is 4.57. The van der Waals surface area contributed by atoms with Gasteiger partial charge in [0, 0.05) is 0 Å². The molecule has 0 unspecified atom stereocenters. The van der Waals surface area contributed by atoms with Gasteiger partial charge in [-0.3, -0.25) is 4.79 Å². The van der Waals surface area contributed by atoms with Gasteiger partial charge < -0.3 is 4.42 Å². The highest BCUT2D eigenvalue weighted by Gasteiger charge is 2.13. The molecule has 3 aromatic carbocycles. The fraction of sp³-hybridized carbons (Fsp3) is 0.174. The maximum atomic E-state index is 9.81. The lowest BCUT2D eigenvalue weighted by atomic mass is 9.86. The first kappa shape index (κ1) is 15.6. The molecule has 2 heteroatoms. The minimum atomic E-state index is 0.583. The number of furan rings is 1. The first-order chi connectivity index (χ1) is 12.4. The lowest BCUT2D eigenvalue weighted by Gasteiger charge is -2.18. The summed E-state index contributed by atoms with van der Waals surface area (Å²) in [5.74, 6) is 0. The molecule has 2 nitrogen and oxygen atoms in total. The molecule has 0 radical (unpaired) electrons. The van der Waals surface area contributed by atoms with Crippen molar-refractivity contribution in [3.63, 3.8) is 0 Å². The molecule has 0 spiro atoms. The van der Waals surface area contributed by atoms with Crippen molar-refractivity contribution in [2.24, 2.45) is 0 Å². The van der Waals surface area contributed by atoms with Crippen molar-refractivity contribution in [2.45, 2.75) is 25.7 Å². The molecular formula is C23H20O2. The Morgan fingerprint density at radius 1 is 0.800 bits per heavy atom. The van der Waals surface area contributed by atoms with E-state index < -0.39 is 0 Å². The van der Waals surface area contributed by atoms with Crippen LogP contribution in [0.5, 0.6) is 0 Å². The summed E-state index contributed by atoms with van der Waals surface area (Å²) in [6.07, 6.45) is 8.81. The van der Waals surface area contributed by atoms with Gasteiger partial charge in [-0.15, -0.1) is 0 Å². The van der Waals surface area contributed by atoms with Crippen LogP contribution >= 0.6 is 0 Å². The van der Waals surface area contributed by atoms with Crippen LogP contribution in [0.2, 0.25) is 0 Å². The van der Waals surface area contributed by atoms with Crippen molar-refractivity contribution in [1.82, 2.24) is 0 Å². The molecule has 0 fully saturated rings. The minimum absolute atomic E-state index is 0.583. The Bertz CT molecular complexity index is 1010. The molecule has 124 valence electrons. The SMILES string of the molecule is O=Cc1ccoc1.c1ccc2c(c1)ccc1c3c(ccc12)CCCC3. The van der Waals surface area contributed by atoms with Gasteiger partial charge >= 0.3 is 0 Å². The van der Waals surface area contributed by atoms with Crippen molar-refractivity contribution in [1.29, 1.82) is 0 Å². The largest absolute Gasteiger partial charge is 0.472 e. The monoisotopic (exact) mass is 328 g/mol. The Hall–Kier alpha value is -2.87. The number of aryl methyl sites for hydroxylation is 2. The van der Waals surface area contributed by atoms with E-state index in [1.54, 1.807) is 17.2 Å². The van der Waals surface area contributed by atoms with E-state index in [0.717, 1.165) is 6.29 Å². The predicted molar refractivity (Wildman–Crippen MR) is 102 cm³/mol. The van der Waals surface area contributed by atoms with Crippen LogP contribution < -0.4 is 0 Å². The summed E-state index contributed by atoms with van der Waals surface area (Å²) in [6, 6.07) is 19.6. The molecule has 4 aromatic rings. The second-order valence-corrected chi connectivity index (χ2v) is 6.47. The Labute approximate surface area is 147 Å². The maximum Gasteiger partial charge on any atom is 0.153 e. The molecule has 25 heavy (non-hydrogen) atoms. The predicted octanol–water partition coefficient (Wildman–Crippen LogP) is 5.96. The first-order valence-electron chi connectivity index (χ1n) is 8.76. The molecule has 5 rings (SSSR count). The zero-order valence-electron chi connectivity index (χ0n) is 14.1. The van der Waals surface area contributed by atoms with Crippen molar-refractivity contribution < 1.29 is 9.21 Å². The number of carbonyl (C=O) groups excluding carboxylic acids is 1. The first-order valence-corrected chi connectivity index (χ1v) is 8.76. The van der Waals surface area contributed by atoms with Crippen LogP contribution in [0.25, 0.3) is 21.5 Å². The Morgan fingerprint density at radius 2 is 1.64 bits per heavy atom. The molecule has 0 atom stereocenters. The van der Waals surface area contributed by atoms with E-state index in [0.29, 0.717) is 5.56 Å². The van der Waals surface area contributed by atoms with Gasteiger partial charge in [-0.05, 0) is 64.4 Å². The van der Waals surface area contributed by atoms with E-state index in [4.69, 9.17) is 0 Å². The summed E-state index contributed by atoms with van der Waals surface area (Å²) in [5.41, 5.74) is 3.76. The molecule has 0 saturated carbocycles. The van der Waals surface area contributed by atoms with Gasteiger partial charge in [-0.1, -0.05) is 48.5 Å². The Balaban J connectivity index is 0.000000190. The number of rotatable bonds is 1. The molecule has 1 aliphatic rings. The Morgan fingerprint density at radius 3 is 2.44 bits per heavy atom.